The first-order chi connectivity index (χ1) is 17.2. The van der Waals surface area contributed by atoms with Gasteiger partial charge in [-0.15, -0.1) is 0 Å². The highest BCUT2D eigenvalue weighted by molar-refractivity contribution is 8.05. The summed E-state index contributed by atoms with van der Waals surface area (Å²) in [5.41, 5.74) is 4.68. The van der Waals surface area contributed by atoms with E-state index in [9.17, 15) is 4.79 Å². The molecule has 9 heteroatoms. The fourth-order valence-corrected chi connectivity index (χ4v) is 6.64. The van der Waals surface area contributed by atoms with Gasteiger partial charge in [-0.05, 0) is 42.5 Å². The molecule has 0 spiro atoms. The number of hydrogen-bond donors (Lipinski definition) is 2. The van der Waals surface area contributed by atoms with Crippen molar-refractivity contribution in [3.8, 4) is 11.3 Å². The molecule has 2 aliphatic heterocycles. The molecule has 176 valence electrons. The van der Waals surface area contributed by atoms with Gasteiger partial charge in [-0.2, -0.15) is 10.2 Å². The molecule has 2 aromatic heterocycles. The molecule has 2 aromatic carbocycles. The molecule has 0 amide bonds. The average Bonchev–Trinajstić information content (AvgIpc) is 2.91. The Balaban J connectivity index is 1.27. The number of morpholine rings is 1. The highest BCUT2D eigenvalue weighted by atomic mass is 32.2. The summed E-state index contributed by atoms with van der Waals surface area (Å²) in [6.45, 7) is 3.57. The van der Waals surface area contributed by atoms with E-state index in [1.165, 1.54) is 19.6 Å². The number of ether oxygens (including phenoxy) is 1. The van der Waals surface area contributed by atoms with E-state index in [0.29, 0.717) is 19.8 Å². The van der Waals surface area contributed by atoms with E-state index in [-0.39, 0.29) is 5.56 Å². The molecular weight excluding hydrogens is 478 g/mol. The predicted octanol–water partition coefficient (Wildman–Crippen LogP) is 4.90. The van der Waals surface area contributed by atoms with Gasteiger partial charge in [0.25, 0.3) is 0 Å². The minimum absolute atomic E-state index is 0.0886. The summed E-state index contributed by atoms with van der Waals surface area (Å²) in [6.07, 6.45) is 1.68. The van der Waals surface area contributed by atoms with Crippen molar-refractivity contribution in [3.63, 3.8) is 0 Å². The molecule has 1 saturated heterocycles. The molecule has 0 unspecified atom stereocenters. The minimum atomic E-state index is -0.0886. The number of hydrogen-bond acceptors (Lipinski definition) is 8. The Labute approximate surface area is 211 Å². The van der Waals surface area contributed by atoms with Crippen molar-refractivity contribution in [2.45, 2.75) is 26.1 Å². The maximum Gasteiger partial charge on any atom is 0.250 e. The van der Waals surface area contributed by atoms with E-state index >= 15 is 0 Å². The lowest BCUT2D eigenvalue weighted by Crippen LogP contribution is -2.36. The first-order valence-corrected chi connectivity index (χ1v) is 13.1. The number of fused-ring (bicyclic) bond motifs is 2. The fourth-order valence-electron chi connectivity index (χ4n) is 4.22. The molecule has 6 rings (SSSR count). The summed E-state index contributed by atoms with van der Waals surface area (Å²) >= 11 is 3.50. The molecule has 0 saturated carbocycles. The van der Waals surface area contributed by atoms with Crippen LogP contribution in [0, 0.1) is 0 Å². The van der Waals surface area contributed by atoms with Crippen LogP contribution in [0.25, 0.3) is 11.3 Å². The molecule has 1 fully saturated rings. The third-order valence-corrected chi connectivity index (χ3v) is 8.55. The fraction of sp³-hybridized carbons (Fsp3) is 0.192. The van der Waals surface area contributed by atoms with E-state index < -0.39 is 0 Å². The van der Waals surface area contributed by atoms with Crippen LogP contribution in [0.3, 0.4) is 0 Å². The maximum atomic E-state index is 12.6. The number of H-pyrrole nitrogens is 1. The smallest absolute Gasteiger partial charge is 0.250 e. The summed E-state index contributed by atoms with van der Waals surface area (Å²) in [7, 11) is 0. The van der Waals surface area contributed by atoms with Crippen LogP contribution in [0.2, 0.25) is 0 Å². The van der Waals surface area contributed by atoms with Crippen LogP contribution < -0.4 is 15.8 Å². The quantitative estimate of drug-likeness (QED) is 0.352. The van der Waals surface area contributed by atoms with Crippen LogP contribution in [-0.2, 0) is 11.3 Å². The number of nitrogens with zero attached hydrogens (tertiary/aromatic N) is 3. The van der Waals surface area contributed by atoms with Gasteiger partial charge in [0.2, 0.25) is 5.56 Å². The van der Waals surface area contributed by atoms with Crippen LogP contribution in [0.15, 0.2) is 91.2 Å². The Morgan fingerprint density at radius 2 is 1.89 bits per heavy atom. The molecule has 4 heterocycles. The van der Waals surface area contributed by atoms with E-state index in [0.717, 1.165) is 41.4 Å². The lowest BCUT2D eigenvalue weighted by Gasteiger charge is -2.29. The lowest BCUT2D eigenvalue weighted by molar-refractivity contribution is 0.122. The minimum Gasteiger partial charge on any atom is -0.379 e. The number of benzene rings is 2. The summed E-state index contributed by atoms with van der Waals surface area (Å²) in [5.74, 6) is 0. The zero-order valence-corrected chi connectivity index (χ0v) is 20.5. The Morgan fingerprint density at radius 1 is 0.971 bits per heavy atom. The van der Waals surface area contributed by atoms with Gasteiger partial charge in [-0.1, -0.05) is 35.7 Å². The zero-order valence-electron chi connectivity index (χ0n) is 18.9. The Morgan fingerprint density at radius 3 is 2.74 bits per heavy atom. The van der Waals surface area contributed by atoms with Gasteiger partial charge >= 0.3 is 0 Å². The van der Waals surface area contributed by atoms with Crippen molar-refractivity contribution in [2.75, 3.05) is 36.5 Å². The zero-order chi connectivity index (χ0) is 23.6. The van der Waals surface area contributed by atoms with E-state index in [4.69, 9.17) is 4.74 Å². The van der Waals surface area contributed by atoms with E-state index in [1.54, 1.807) is 35.8 Å². The van der Waals surface area contributed by atoms with Gasteiger partial charge in [-0.25, -0.2) is 0 Å². The van der Waals surface area contributed by atoms with Crippen molar-refractivity contribution >= 4 is 34.9 Å². The van der Waals surface area contributed by atoms with Crippen molar-refractivity contribution in [2.24, 2.45) is 0 Å². The molecule has 35 heavy (non-hydrogen) atoms. The molecule has 4 aromatic rings. The Kier molecular flexibility index (Phi) is 6.20. The Bertz CT molecular complexity index is 1420. The SMILES string of the molecule is O=c1cc(N2CCOCC2)cc(-c2cccc3c2Sc2ccc(NCc4cccnn4)cc2S3)[nH]1. The van der Waals surface area contributed by atoms with Gasteiger partial charge in [0, 0.05) is 61.9 Å². The summed E-state index contributed by atoms with van der Waals surface area (Å²) in [5, 5.41) is 11.5. The van der Waals surface area contributed by atoms with Crippen LogP contribution in [0.1, 0.15) is 5.69 Å². The molecule has 2 aliphatic rings. The van der Waals surface area contributed by atoms with Crippen LogP contribution in [0.5, 0.6) is 0 Å². The van der Waals surface area contributed by atoms with Gasteiger partial charge in [-0.3, -0.25) is 4.79 Å². The van der Waals surface area contributed by atoms with Gasteiger partial charge in [0.1, 0.15) is 0 Å². The standard InChI is InChI=1S/C26H23N5O2S2/c32-25-15-19(31-9-11-33-12-10-31)14-21(29-25)20-4-1-5-23-26(20)35-22-7-6-17(13-24(22)34-23)27-16-18-3-2-8-28-30-18/h1-8,13-15,27H,9-12,16H2,(H,29,32). The van der Waals surface area contributed by atoms with Crippen LogP contribution in [-0.4, -0.2) is 41.5 Å². The average molecular weight is 502 g/mol. The second-order valence-corrected chi connectivity index (χ2v) is 10.4. The first-order valence-electron chi connectivity index (χ1n) is 11.4. The van der Waals surface area contributed by atoms with Crippen LogP contribution >= 0.6 is 23.5 Å². The number of rotatable bonds is 5. The van der Waals surface area contributed by atoms with Gasteiger partial charge < -0.3 is 19.9 Å². The topological polar surface area (TPSA) is 83.1 Å². The second-order valence-electron chi connectivity index (χ2n) is 8.28. The number of nitrogens with one attached hydrogen (secondary N) is 2. The number of anilines is 2. The van der Waals surface area contributed by atoms with E-state index in [2.05, 4.69) is 67.9 Å². The normalized spacial score (nSPS) is 14.8. The highest BCUT2D eigenvalue weighted by Gasteiger charge is 2.22. The lowest BCUT2D eigenvalue weighted by atomic mass is 10.1. The monoisotopic (exact) mass is 501 g/mol. The largest absolute Gasteiger partial charge is 0.379 e. The van der Waals surface area contributed by atoms with Crippen molar-refractivity contribution < 1.29 is 4.74 Å². The molecule has 2 N–H and O–H groups in total. The van der Waals surface area contributed by atoms with Gasteiger partial charge in [0.05, 0.1) is 31.1 Å². The summed E-state index contributed by atoms with van der Waals surface area (Å²) < 4.78 is 5.48. The highest BCUT2D eigenvalue weighted by Crippen LogP contribution is 2.52. The van der Waals surface area contributed by atoms with Crippen molar-refractivity contribution in [1.29, 1.82) is 0 Å². The Hall–Kier alpha value is -3.27. The molecule has 0 aliphatic carbocycles. The first kappa shape index (κ1) is 22.2. The molecule has 7 nitrogen and oxygen atoms in total. The number of pyridine rings is 1. The molecule has 0 bridgehead atoms. The molecule has 0 radical (unpaired) electrons. The summed E-state index contributed by atoms with van der Waals surface area (Å²) in [6, 6.07) is 20.3. The van der Waals surface area contributed by atoms with E-state index in [1.807, 2.05) is 12.1 Å². The molecular formula is C26H23N5O2S2. The van der Waals surface area contributed by atoms with Crippen molar-refractivity contribution in [1.82, 2.24) is 15.2 Å². The van der Waals surface area contributed by atoms with Crippen molar-refractivity contribution in [3.05, 3.63) is 82.9 Å². The second kappa shape index (κ2) is 9.77. The third-order valence-electron chi connectivity index (χ3n) is 5.95. The number of aromatic amines is 1. The maximum absolute atomic E-state index is 12.6. The van der Waals surface area contributed by atoms with Gasteiger partial charge in [0.15, 0.2) is 0 Å². The third kappa shape index (κ3) is 4.80. The van der Waals surface area contributed by atoms with Crippen LogP contribution in [0.4, 0.5) is 11.4 Å². The molecule has 0 atom stereocenters. The summed E-state index contributed by atoms with van der Waals surface area (Å²) in [4.78, 5) is 22.6. The number of aromatic nitrogens is 3. The predicted molar refractivity (Wildman–Crippen MR) is 140 cm³/mol.